The molecule has 25 heavy (non-hydrogen) atoms. The number of likely N-dealkylation sites (tertiary alicyclic amines) is 1. The summed E-state index contributed by atoms with van der Waals surface area (Å²) >= 11 is 0. The zero-order valence-corrected chi connectivity index (χ0v) is 14.0. The lowest BCUT2D eigenvalue weighted by molar-refractivity contribution is -0.149. The van der Waals surface area contributed by atoms with Gasteiger partial charge in [0.15, 0.2) is 0 Å². The standard InChI is InChI=1S/C17H24N4O4/c22-13-5-4-12(15(23)19-13)21-16(24)10-2-1-3-11(14(10)17(21)25)20-8-6-18-7-9-20/h1-3,10,12-15,18-19,22-23H,4-9H2. The van der Waals surface area contributed by atoms with Crippen molar-refractivity contribution in [2.75, 3.05) is 26.2 Å². The summed E-state index contributed by atoms with van der Waals surface area (Å²) < 4.78 is 0. The first-order valence-electron chi connectivity index (χ1n) is 8.91. The lowest BCUT2D eigenvalue weighted by atomic mass is 9.87. The Hall–Kier alpha value is -1.74. The molecule has 3 fully saturated rings. The lowest BCUT2D eigenvalue weighted by Gasteiger charge is -2.37. The number of aliphatic hydroxyl groups excluding tert-OH is 2. The molecule has 0 saturated carbocycles. The van der Waals surface area contributed by atoms with Gasteiger partial charge in [-0.3, -0.25) is 19.8 Å². The predicted octanol–water partition coefficient (Wildman–Crippen LogP) is -1.66. The number of fused-ring (bicyclic) bond motifs is 1. The fourth-order valence-electron chi connectivity index (χ4n) is 4.30. The summed E-state index contributed by atoms with van der Waals surface area (Å²) in [6.07, 6.45) is 4.44. The minimum Gasteiger partial charge on any atom is -0.379 e. The maximum atomic E-state index is 13.1. The Kier molecular flexibility index (Phi) is 4.36. The van der Waals surface area contributed by atoms with E-state index >= 15 is 0 Å². The Labute approximate surface area is 146 Å². The molecule has 0 spiro atoms. The normalized spacial score (nSPS) is 38.8. The number of amides is 2. The predicted molar refractivity (Wildman–Crippen MR) is 88.7 cm³/mol. The van der Waals surface area contributed by atoms with Crippen molar-refractivity contribution in [3.63, 3.8) is 0 Å². The van der Waals surface area contributed by atoms with Crippen LogP contribution < -0.4 is 10.6 Å². The second-order valence-electron chi connectivity index (χ2n) is 7.04. The number of hydrogen-bond donors (Lipinski definition) is 4. The third kappa shape index (κ3) is 2.79. The molecule has 3 saturated heterocycles. The molecule has 3 aliphatic heterocycles. The highest BCUT2D eigenvalue weighted by Crippen LogP contribution is 2.39. The van der Waals surface area contributed by atoms with Gasteiger partial charge < -0.3 is 20.4 Å². The Balaban J connectivity index is 1.59. The Bertz CT molecular complexity index is 628. The largest absolute Gasteiger partial charge is 0.379 e. The topological polar surface area (TPSA) is 105 Å². The summed E-state index contributed by atoms with van der Waals surface area (Å²) in [5.74, 6) is -1.50. The molecule has 8 heteroatoms. The number of allylic oxidation sites excluding steroid dienone is 2. The number of imide groups is 1. The summed E-state index contributed by atoms with van der Waals surface area (Å²) in [6.45, 7) is 3.33. The van der Waals surface area contributed by atoms with Gasteiger partial charge in [0.1, 0.15) is 12.5 Å². The van der Waals surface area contributed by atoms with Crippen molar-refractivity contribution in [2.45, 2.75) is 31.3 Å². The van der Waals surface area contributed by atoms with Crippen LogP contribution >= 0.6 is 0 Å². The van der Waals surface area contributed by atoms with Gasteiger partial charge in [-0.15, -0.1) is 0 Å². The monoisotopic (exact) mass is 348 g/mol. The highest BCUT2D eigenvalue weighted by atomic mass is 16.3. The third-order valence-corrected chi connectivity index (χ3v) is 5.57. The molecular weight excluding hydrogens is 324 g/mol. The van der Waals surface area contributed by atoms with Crippen LogP contribution in [0, 0.1) is 11.8 Å². The maximum Gasteiger partial charge on any atom is 0.239 e. The van der Waals surface area contributed by atoms with E-state index < -0.39 is 30.3 Å². The zero-order valence-electron chi connectivity index (χ0n) is 14.0. The second kappa shape index (κ2) is 6.53. The van der Waals surface area contributed by atoms with E-state index in [0.717, 1.165) is 31.9 Å². The van der Waals surface area contributed by atoms with Crippen molar-refractivity contribution in [1.29, 1.82) is 0 Å². The number of nitrogens with one attached hydrogen (secondary N) is 2. The van der Waals surface area contributed by atoms with Gasteiger partial charge in [0.05, 0.1) is 17.9 Å². The van der Waals surface area contributed by atoms with Crippen molar-refractivity contribution >= 4 is 11.8 Å². The average molecular weight is 348 g/mol. The molecule has 8 nitrogen and oxygen atoms in total. The van der Waals surface area contributed by atoms with Crippen molar-refractivity contribution in [2.24, 2.45) is 11.8 Å². The molecule has 0 aromatic rings. The summed E-state index contributed by atoms with van der Waals surface area (Å²) in [4.78, 5) is 29.4. The molecule has 5 atom stereocenters. The molecule has 0 aromatic carbocycles. The number of aliphatic hydroxyl groups is 2. The van der Waals surface area contributed by atoms with E-state index in [-0.39, 0.29) is 11.8 Å². The van der Waals surface area contributed by atoms with Crippen LogP contribution in [0.5, 0.6) is 0 Å². The summed E-state index contributed by atoms with van der Waals surface area (Å²) in [6, 6.07) is -0.633. The smallest absolute Gasteiger partial charge is 0.239 e. The van der Waals surface area contributed by atoms with Crippen LogP contribution in [-0.2, 0) is 9.59 Å². The number of piperidine rings is 1. The first-order valence-corrected chi connectivity index (χ1v) is 8.91. The quantitative estimate of drug-likeness (QED) is 0.443. The van der Waals surface area contributed by atoms with Crippen molar-refractivity contribution < 1.29 is 19.8 Å². The number of hydrogen-bond acceptors (Lipinski definition) is 7. The van der Waals surface area contributed by atoms with E-state index in [2.05, 4.69) is 15.5 Å². The lowest BCUT2D eigenvalue weighted by Crippen LogP contribution is -2.58. The second-order valence-corrected chi connectivity index (χ2v) is 7.04. The summed E-state index contributed by atoms with van der Waals surface area (Å²) in [5, 5.41) is 25.7. The molecule has 0 radical (unpaired) electrons. The molecule has 3 heterocycles. The van der Waals surface area contributed by atoms with Crippen LogP contribution in [0.4, 0.5) is 0 Å². The van der Waals surface area contributed by atoms with E-state index in [9.17, 15) is 19.8 Å². The van der Waals surface area contributed by atoms with Crippen LogP contribution in [0.2, 0.25) is 0 Å². The minimum atomic E-state index is -1.10. The molecule has 1 aliphatic carbocycles. The number of nitrogens with zero attached hydrogens (tertiary/aromatic N) is 2. The fraction of sp³-hybridized carbons (Fsp3) is 0.647. The third-order valence-electron chi connectivity index (χ3n) is 5.57. The zero-order chi connectivity index (χ0) is 17.6. The molecule has 0 bridgehead atoms. The molecule has 136 valence electrons. The molecule has 5 unspecified atom stereocenters. The first-order chi connectivity index (χ1) is 12.1. The van der Waals surface area contributed by atoms with Crippen LogP contribution in [-0.4, -0.2) is 76.5 Å². The molecule has 4 N–H and O–H groups in total. The van der Waals surface area contributed by atoms with Gasteiger partial charge >= 0.3 is 0 Å². The van der Waals surface area contributed by atoms with Crippen LogP contribution in [0.25, 0.3) is 0 Å². The Morgan fingerprint density at radius 1 is 1.08 bits per heavy atom. The van der Waals surface area contributed by atoms with Gasteiger partial charge in [0.2, 0.25) is 11.8 Å². The number of rotatable bonds is 2. The van der Waals surface area contributed by atoms with Gasteiger partial charge in [0.25, 0.3) is 0 Å². The molecule has 2 amide bonds. The van der Waals surface area contributed by atoms with E-state index in [4.69, 9.17) is 0 Å². The SMILES string of the molecule is O=C1C2C=CC=C(N3CCNCC3)C2C(=O)N1C1CCC(O)NC1O. The number of piperazine rings is 1. The van der Waals surface area contributed by atoms with Crippen LogP contribution in [0.15, 0.2) is 23.9 Å². The number of carbonyl (C=O) groups excluding carboxylic acids is 2. The summed E-state index contributed by atoms with van der Waals surface area (Å²) in [7, 11) is 0. The summed E-state index contributed by atoms with van der Waals surface area (Å²) in [5.41, 5.74) is 0.896. The maximum absolute atomic E-state index is 13.1. The van der Waals surface area contributed by atoms with Gasteiger partial charge in [-0.2, -0.15) is 0 Å². The molecule has 4 rings (SSSR count). The van der Waals surface area contributed by atoms with Gasteiger partial charge in [-0.05, 0) is 18.9 Å². The fourth-order valence-corrected chi connectivity index (χ4v) is 4.30. The van der Waals surface area contributed by atoms with Gasteiger partial charge in [-0.25, -0.2) is 0 Å². The highest BCUT2D eigenvalue weighted by molar-refractivity contribution is 6.08. The van der Waals surface area contributed by atoms with Crippen molar-refractivity contribution in [3.05, 3.63) is 23.9 Å². The first kappa shape index (κ1) is 16.7. The Morgan fingerprint density at radius 3 is 2.56 bits per heavy atom. The van der Waals surface area contributed by atoms with Crippen LogP contribution in [0.1, 0.15) is 12.8 Å². The molecule has 4 aliphatic rings. The van der Waals surface area contributed by atoms with Gasteiger partial charge in [-0.1, -0.05) is 12.2 Å². The molecular formula is C17H24N4O4. The van der Waals surface area contributed by atoms with Crippen LogP contribution in [0.3, 0.4) is 0 Å². The van der Waals surface area contributed by atoms with Crippen molar-refractivity contribution in [1.82, 2.24) is 20.4 Å². The van der Waals surface area contributed by atoms with E-state index in [1.54, 1.807) is 6.08 Å². The van der Waals surface area contributed by atoms with E-state index in [0.29, 0.717) is 12.8 Å². The Morgan fingerprint density at radius 2 is 1.84 bits per heavy atom. The van der Waals surface area contributed by atoms with Gasteiger partial charge in [0, 0.05) is 31.9 Å². The van der Waals surface area contributed by atoms with Crippen molar-refractivity contribution in [3.8, 4) is 0 Å². The minimum absolute atomic E-state index is 0.244. The van der Waals surface area contributed by atoms with E-state index in [1.807, 2.05) is 12.2 Å². The highest BCUT2D eigenvalue weighted by Gasteiger charge is 2.53. The molecule has 0 aromatic heterocycles. The average Bonchev–Trinajstić information content (AvgIpc) is 2.87. The number of carbonyl (C=O) groups is 2. The van der Waals surface area contributed by atoms with E-state index in [1.165, 1.54) is 4.90 Å².